The molecule has 0 aliphatic heterocycles. The molecule has 1 heterocycles. The van der Waals surface area contributed by atoms with Crippen molar-refractivity contribution in [2.45, 2.75) is 0 Å². The van der Waals surface area contributed by atoms with E-state index >= 15 is 0 Å². The highest BCUT2D eigenvalue weighted by Crippen LogP contribution is 2.29. The van der Waals surface area contributed by atoms with Gasteiger partial charge in [0.05, 0.1) is 6.39 Å². The summed E-state index contributed by atoms with van der Waals surface area (Å²) >= 11 is 9.31. The van der Waals surface area contributed by atoms with Crippen LogP contribution in [0.1, 0.15) is 1.37 Å². The van der Waals surface area contributed by atoms with Gasteiger partial charge in [-0.25, -0.2) is 0 Å². The molecule has 3 heteroatoms. The van der Waals surface area contributed by atoms with Crippen LogP contribution in [0.4, 0.5) is 0 Å². The lowest BCUT2D eigenvalue weighted by Crippen LogP contribution is -1.70. The quantitative estimate of drug-likeness (QED) is 0.713. The van der Waals surface area contributed by atoms with Crippen LogP contribution in [0.3, 0.4) is 0 Å². The minimum absolute atomic E-state index is 0.380. The number of benzene rings is 1. The summed E-state index contributed by atoms with van der Waals surface area (Å²) in [7, 11) is 0. The molecule has 1 aromatic carbocycles. The third-order valence-electron chi connectivity index (χ3n) is 1.56. The van der Waals surface area contributed by atoms with Crippen LogP contribution in [0.2, 0.25) is 5.02 Å². The van der Waals surface area contributed by atoms with Crippen LogP contribution >= 0.6 is 27.5 Å². The number of halogens is 2. The van der Waals surface area contributed by atoms with E-state index in [1.54, 1.807) is 6.07 Å². The fourth-order valence-corrected chi connectivity index (χ4v) is 1.57. The van der Waals surface area contributed by atoms with Crippen molar-refractivity contribution in [1.82, 2.24) is 4.98 Å². The van der Waals surface area contributed by atoms with Gasteiger partial charge < -0.3 is 4.98 Å². The molecule has 0 unspecified atom stereocenters. The second-order valence-electron chi connectivity index (χ2n) is 2.24. The van der Waals surface area contributed by atoms with Crippen molar-refractivity contribution in [3.8, 4) is 0 Å². The van der Waals surface area contributed by atoms with Crippen molar-refractivity contribution in [3.63, 3.8) is 0 Å². The molecule has 0 amide bonds. The summed E-state index contributed by atoms with van der Waals surface area (Å²) < 4.78 is 8.22. The normalized spacial score (nSPS) is 12.0. The molecule has 1 nitrogen and oxygen atoms in total. The first-order valence-corrected chi connectivity index (χ1v) is 4.29. The average molecular weight is 231 g/mol. The van der Waals surface area contributed by atoms with Crippen LogP contribution in [-0.4, -0.2) is 4.98 Å². The molecule has 2 rings (SSSR count). The van der Waals surface area contributed by atoms with E-state index < -0.39 is 0 Å². The number of aromatic nitrogens is 1. The zero-order chi connectivity index (χ0) is 8.72. The summed E-state index contributed by atoms with van der Waals surface area (Å²) in [5.41, 5.74) is 0.896. The maximum absolute atomic E-state index is 7.36. The molecule has 0 radical (unpaired) electrons. The Balaban J connectivity index is 2.89. The molecular weight excluding hydrogens is 225 g/mol. The van der Waals surface area contributed by atoms with Crippen LogP contribution in [-0.2, 0) is 0 Å². The Kier molecular flexibility index (Phi) is 1.41. The smallest absolute Gasteiger partial charge is 0.0816 e. The molecule has 2 aromatic rings. The highest BCUT2D eigenvalue weighted by Gasteiger charge is 2.02. The lowest BCUT2D eigenvalue weighted by atomic mass is 10.2. The summed E-state index contributed by atoms with van der Waals surface area (Å²) in [6.07, 6.45) is 0.380. The van der Waals surface area contributed by atoms with Crippen molar-refractivity contribution in [2.24, 2.45) is 0 Å². The van der Waals surface area contributed by atoms with Gasteiger partial charge in [-0.1, -0.05) is 11.6 Å². The Bertz CT molecular complexity index is 438. The first-order valence-electron chi connectivity index (χ1n) is 3.62. The van der Waals surface area contributed by atoms with Gasteiger partial charge in [0.2, 0.25) is 0 Å². The Morgan fingerprint density at radius 3 is 3.09 bits per heavy atom. The Hall–Kier alpha value is -0.470. The number of H-pyrrole nitrogens is 1. The Labute approximate surface area is 78.9 Å². The van der Waals surface area contributed by atoms with E-state index in [9.17, 15) is 0 Å². The molecule has 56 valence electrons. The Morgan fingerprint density at radius 1 is 1.45 bits per heavy atom. The van der Waals surface area contributed by atoms with E-state index in [4.69, 9.17) is 13.0 Å². The van der Waals surface area contributed by atoms with Crippen molar-refractivity contribution in [1.29, 1.82) is 0 Å². The van der Waals surface area contributed by atoms with Gasteiger partial charge in [-0.15, -0.1) is 0 Å². The first-order chi connectivity index (χ1) is 5.68. The number of hydrogen-bond donors (Lipinski definition) is 1. The zero-order valence-corrected chi connectivity index (χ0v) is 7.83. The summed E-state index contributed by atoms with van der Waals surface area (Å²) in [5.74, 6) is 0. The predicted octanol–water partition coefficient (Wildman–Crippen LogP) is 3.58. The molecule has 11 heavy (non-hydrogen) atoms. The summed E-state index contributed by atoms with van der Waals surface area (Å²) in [6.45, 7) is 0. The molecule has 0 aliphatic carbocycles. The van der Waals surface area contributed by atoms with Gasteiger partial charge in [-0.2, -0.15) is 0 Å². The minimum Gasteiger partial charge on any atom is -0.361 e. The average Bonchev–Trinajstić information content (AvgIpc) is 2.39. The molecule has 0 fully saturated rings. The van der Waals surface area contributed by atoms with E-state index in [1.807, 2.05) is 12.1 Å². The standard InChI is InChI=1S/C8H5BrClN/c9-6-1-2-7-5(8(6)10)3-4-11-7/h1-4,11H/i4D. The number of fused-ring (bicyclic) bond motifs is 1. The van der Waals surface area contributed by atoms with Gasteiger partial charge in [0.1, 0.15) is 0 Å². The van der Waals surface area contributed by atoms with Crippen molar-refractivity contribution < 1.29 is 1.37 Å². The van der Waals surface area contributed by atoms with Gasteiger partial charge in [0, 0.05) is 21.5 Å². The lowest BCUT2D eigenvalue weighted by molar-refractivity contribution is 1.48. The highest BCUT2D eigenvalue weighted by atomic mass is 79.9. The summed E-state index contributed by atoms with van der Waals surface area (Å²) in [6, 6.07) is 5.46. The monoisotopic (exact) mass is 230 g/mol. The lowest BCUT2D eigenvalue weighted by Gasteiger charge is -1.95. The maximum Gasteiger partial charge on any atom is 0.0816 e. The molecule has 0 saturated heterocycles. The molecule has 1 aromatic heterocycles. The Morgan fingerprint density at radius 2 is 2.27 bits per heavy atom. The topological polar surface area (TPSA) is 15.8 Å². The van der Waals surface area contributed by atoms with Crippen molar-refractivity contribution >= 4 is 38.4 Å². The summed E-state index contributed by atoms with van der Waals surface area (Å²) in [5, 5.41) is 1.54. The number of aromatic amines is 1. The highest BCUT2D eigenvalue weighted by molar-refractivity contribution is 9.10. The summed E-state index contributed by atoms with van der Waals surface area (Å²) in [4.78, 5) is 2.89. The van der Waals surface area contributed by atoms with E-state index in [1.165, 1.54) is 0 Å². The van der Waals surface area contributed by atoms with Crippen molar-refractivity contribution in [2.75, 3.05) is 0 Å². The van der Waals surface area contributed by atoms with E-state index in [2.05, 4.69) is 20.9 Å². The number of rotatable bonds is 0. The van der Waals surface area contributed by atoms with Crippen molar-refractivity contribution in [3.05, 3.63) is 33.9 Å². The number of nitrogens with one attached hydrogen (secondary N) is 1. The van der Waals surface area contributed by atoms with E-state index in [0.717, 1.165) is 15.4 Å². The van der Waals surface area contributed by atoms with Crippen LogP contribution < -0.4 is 0 Å². The van der Waals surface area contributed by atoms with Crippen LogP contribution in [0.5, 0.6) is 0 Å². The van der Waals surface area contributed by atoms with Gasteiger partial charge >= 0.3 is 0 Å². The van der Waals surface area contributed by atoms with Gasteiger partial charge in [-0.05, 0) is 34.1 Å². The minimum atomic E-state index is 0.380. The van der Waals surface area contributed by atoms with Crippen LogP contribution in [0.25, 0.3) is 10.9 Å². The predicted molar refractivity (Wildman–Crippen MR) is 51.0 cm³/mol. The number of hydrogen-bond acceptors (Lipinski definition) is 0. The molecule has 1 N–H and O–H groups in total. The third kappa shape index (κ3) is 1.06. The maximum atomic E-state index is 7.36. The second-order valence-corrected chi connectivity index (χ2v) is 3.47. The van der Waals surface area contributed by atoms with E-state index in [0.29, 0.717) is 11.2 Å². The fraction of sp³-hybridized carbons (Fsp3) is 0. The molecule has 0 bridgehead atoms. The fourth-order valence-electron chi connectivity index (χ4n) is 1.00. The van der Waals surface area contributed by atoms with Gasteiger partial charge in [0.25, 0.3) is 0 Å². The van der Waals surface area contributed by atoms with Gasteiger partial charge in [-0.3, -0.25) is 0 Å². The largest absolute Gasteiger partial charge is 0.361 e. The molecule has 0 aliphatic rings. The third-order valence-corrected chi connectivity index (χ3v) is 2.85. The first kappa shape index (κ1) is 6.09. The van der Waals surface area contributed by atoms with Gasteiger partial charge in [0.15, 0.2) is 0 Å². The van der Waals surface area contributed by atoms with Crippen LogP contribution in [0.15, 0.2) is 28.8 Å². The molecule has 0 atom stereocenters. The molecular formula is C8H5BrClN. The second kappa shape index (κ2) is 2.54. The van der Waals surface area contributed by atoms with E-state index in [-0.39, 0.29) is 0 Å². The zero-order valence-electron chi connectivity index (χ0n) is 6.49. The SMILES string of the molecule is [2H]c1cc2c(Cl)c(Br)ccc2[nH]1. The van der Waals surface area contributed by atoms with Crippen LogP contribution in [0, 0.1) is 0 Å². The molecule has 0 saturated carbocycles. The molecule has 0 spiro atoms.